The van der Waals surface area contributed by atoms with E-state index < -0.39 is 6.04 Å². The van der Waals surface area contributed by atoms with Crippen molar-refractivity contribution in [3.8, 4) is 5.75 Å². The molecule has 0 saturated carbocycles. The van der Waals surface area contributed by atoms with E-state index in [0.717, 1.165) is 5.56 Å². The third-order valence-electron chi connectivity index (χ3n) is 3.78. The summed E-state index contributed by atoms with van der Waals surface area (Å²) in [6.45, 7) is 0.517. The molecule has 0 spiro atoms. The van der Waals surface area contributed by atoms with E-state index in [1.54, 1.807) is 43.8 Å². The van der Waals surface area contributed by atoms with E-state index in [4.69, 9.17) is 4.74 Å². The Morgan fingerprint density at radius 1 is 1.17 bits per heavy atom. The number of hydrogen-bond donors (Lipinski definition) is 1. The number of methoxy groups -OCH3 is 1. The Labute approximate surface area is 134 Å². The molecule has 1 aliphatic heterocycles. The van der Waals surface area contributed by atoms with Gasteiger partial charge in [0.05, 0.1) is 25.3 Å². The summed E-state index contributed by atoms with van der Waals surface area (Å²) in [5.41, 5.74) is 1.58. The number of anilines is 1. The van der Waals surface area contributed by atoms with E-state index >= 15 is 0 Å². The zero-order chi connectivity index (χ0) is 16.2. The van der Waals surface area contributed by atoms with Crippen molar-refractivity contribution in [2.24, 2.45) is 0 Å². The Morgan fingerprint density at radius 2 is 1.87 bits per heavy atom. The fourth-order valence-corrected chi connectivity index (χ4v) is 2.54. The molecule has 0 aliphatic carbocycles. The summed E-state index contributed by atoms with van der Waals surface area (Å²) in [6, 6.07) is 10.1. The molecule has 1 atom stereocenters. The standard InChI is InChI=1S/C17H17N3O3/c1-23-14-4-2-13(3-5-14)20-16(21)10-15(17(20)22)19-11-12-6-8-18-9-7-12/h2-9,15,19H,10-11H2,1H3/t15-/m0/s1. The van der Waals surface area contributed by atoms with Crippen LogP contribution in [0.1, 0.15) is 12.0 Å². The van der Waals surface area contributed by atoms with Gasteiger partial charge >= 0.3 is 0 Å². The van der Waals surface area contributed by atoms with Gasteiger partial charge in [0, 0.05) is 18.9 Å². The Morgan fingerprint density at radius 3 is 2.52 bits per heavy atom. The first-order valence-corrected chi connectivity index (χ1v) is 7.32. The van der Waals surface area contributed by atoms with Crippen LogP contribution in [0, 0.1) is 0 Å². The third kappa shape index (κ3) is 3.22. The maximum absolute atomic E-state index is 12.5. The second-order valence-electron chi connectivity index (χ2n) is 5.26. The highest BCUT2D eigenvalue weighted by molar-refractivity contribution is 6.22. The summed E-state index contributed by atoms with van der Waals surface area (Å²) >= 11 is 0. The predicted octanol–water partition coefficient (Wildman–Crippen LogP) is 1.51. The highest BCUT2D eigenvalue weighted by Gasteiger charge is 2.39. The van der Waals surface area contributed by atoms with E-state index in [1.165, 1.54) is 4.90 Å². The minimum Gasteiger partial charge on any atom is -0.497 e. The van der Waals surface area contributed by atoms with Crippen LogP contribution in [-0.2, 0) is 16.1 Å². The van der Waals surface area contributed by atoms with Crippen LogP contribution in [0.2, 0.25) is 0 Å². The van der Waals surface area contributed by atoms with Crippen LogP contribution < -0.4 is 15.0 Å². The van der Waals surface area contributed by atoms with Crippen LogP contribution in [0.25, 0.3) is 0 Å². The van der Waals surface area contributed by atoms with Crippen molar-refractivity contribution < 1.29 is 14.3 Å². The Kier molecular flexibility index (Phi) is 4.34. The molecule has 3 rings (SSSR count). The maximum Gasteiger partial charge on any atom is 0.251 e. The number of carbonyl (C=O) groups excluding carboxylic acids is 2. The summed E-state index contributed by atoms with van der Waals surface area (Å²) in [6.07, 6.45) is 3.56. The van der Waals surface area contributed by atoms with E-state index in [1.807, 2.05) is 12.1 Å². The van der Waals surface area contributed by atoms with Gasteiger partial charge in [-0.15, -0.1) is 0 Å². The number of nitrogens with one attached hydrogen (secondary N) is 1. The summed E-state index contributed by atoms with van der Waals surface area (Å²) in [4.78, 5) is 29.9. The lowest BCUT2D eigenvalue weighted by Crippen LogP contribution is -2.38. The number of imide groups is 1. The number of hydrogen-bond acceptors (Lipinski definition) is 5. The van der Waals surface area contributed by atoms with Crippen molar-refractivity contribution in [3.63, 3.8) is 0 Å². The maximum atomic E-state index is 12.5. The number of ether oxygens (including phenoxy) is 1. The molecule has 1 N–H and O–H groups in total. The first-order valence-electron chi connectivity index (χ1n) is 7.32. The van der Waals surface area contributed by atoms with Gasteiger partial charge in [0.1, 0.15) is 5.75 Å². The average molecular weight is 311 g/mol. The van der Waals surface area contributed by atoms with Crippen molar-refractivity contribution in [2.75, 3.05) is 12.0 Å². The Hall–Kier alpha value is -2.73. The van der Waals surface area contributed by atoms with Gasteiger partial charge in [0.15, 0.2) is 0 Å². The quantitative estimate of drug-likeness (QED) is 0.848. The molecule has 2 amide bonds. The number of nitrogens with zero attached hydrogens (tertiary/aromatic N) is 2. The minimum absolute atomic E-state index is 0.163. The van der Waals surface area contributed by atoms with Crippen molar-refractivity contribution >= 4 is 17.5 Å². The SMILES string of the molecule is COc1ccc(N2C(=O)C[C@H](NCc3ccncc3)C2=O)cc1. The molecule has 2 aromatic rings. The first-order chi connectivity index (χ1) is 11.2. The summed E-state index contributed by atoms with van der Waals surface area (Å²) in [5.74, 6) is 0.252. The third-order valence-corrected chi connectivity index (χ3v) is 3.78. The van der Waals surface area contributed by atoms with Crippen LogP contribution in [0.15, 0.2) is 48.8 Å². The summed E-state index contributed by atoms with van der Waals surface area (Å²) in [5, 5.41) is 3.14. The molecule has 0 radical (unpaired) electrons. The van der Waals surface area contributed by atoms with Crippen molar-refractivity contribution in [2.45, 2.75) is 19.0 Å². The van der Waals surface area contributed by atoms with Gasteiger partial charge in [-0.1, -0.05) is 0 Å². The molecule has 1 saturated heterocycles. The fraction of sp³-hybridized carbons (Fsp3) is 0.235. The zero-order valence-corrected chi connectivity index (χ0v) is 12.7. The smallest absolute Gasteiger partial charge is 0.251 e. The van der Waals surface area contributed by atoms with Gasteiger partial charge in [-0.05, 0) is 42.0 Å². The number of rotatable bonds is 5. The second kappa shape index (κ2) is 6.58. The first kappa shape index (κ1) is 15.2. The molecule has 6 nitrogen and oxygen atoms in total. The fourth-order valence-electron chi connectivity index (χ4n) is 2.54. The number of carbonyl (C=O) groups is 2. The number of pyridine rings is 1. The highest BCUT2D eigenvalue weighted by atomic mass is 16.5. The van der Waals surface area contributed by atoms with Crippen molar-refractivity contribution in [3.05, 3.63) is 54.4 Å². The van der Waals surface area contributed by atoms with Crippen molar-refractivity contribution in [1.29, 1.82) is 0 Å². The van der Waals surface area contributed by atoms with Crippen LogP contribution in [0.3, 0.4) is 0 Å². The molecule has 1 aromatic carbocycles. The molecular weight excluding hydrogens is 294 g/mol. The van der Waals surface area contributed by atoms with Crippen molar-refractivity contribution in [1.82, 2.24) is 10.3 Å². The molecule has 118 valence electrons. The molecule has 0 bridgehead atoms. The number of amides is 2. The van der Waals surface area contributed by atoms with Crippen LogP contribution in [0.5, 0.6) is 5.75 Å². The van der Waals surface area contributed by atoms with E-state index in [2.05, 4.69) is 10.3 Å². The van der Waals surface area contributed by atoms with Gasteiger partial charge in [-0.3, -0.25) is 14.6 Å². The molecule has 23 heavy (non-hydrogen) atoms. The number of benzene rings is 1. The zero-order valence-electron chi connectivity index (χ0n) is 12.7. The molecule has 1 aromatic heterocycles. The minimum atomic E-state index is -0.502. The van der Waals surface area contributed by atoms with E-state index in [9.17, 15) is 9.59 Å². The largest absolute Gasteiger partial charge is 0.497 e. The topological polar surface area (TPSA) is 71.5 Å². The highest BCUT2D eigenvalue weighted by Crippen LogP contribution is 2.25. The van der Waals surface area contributed by atoms with Gasteiger partial charge in [0.25, 0.3) is 5.91 Å². The second-order valence-corrected chi connectivity index (χ2v) is 5.26. The average Bonchev–Trinajstić information content (AvgIpc) is 2.88. The summed E-state index contributed by atoms with van der Waals surface area (Å²) in [7, 11) is 1.57. The monoisotopic (exact) mass is 311 g/mol. The molecular formula is C17H17N3O3. The lowest BCUT2D eigenvalue weighted by Gasteiger charge is -2.16. The molecule has 6 heteroatoms. The predicted molar refractivity (Wildman–Crippen MR) is 85.0 cm³/mol. The normalized spacial score (nSPS) is 17.6. The van der Waals surface area contributed by atoms with Crippen LogP contribution in [0.4, 0.5) is 5.69 Å². The summed E-state index contributed by atoms with van der Waals surface area (Å²) < 4.78 is 5.09. The van der Waals surface area contributed by atoms with Gasteiger partial charge in [-0.25, -0.2) is 4.90 Å². The Balaban J connectivity index is 1.69. The Bertz CT molecular complexity index is 701. The van der Waals surface area contributed by atoms with Crippen LogP contribution in [-0.4, -0.2) is 29.9 Å². The number of aromatic nitrogens is 1. The molecule has 0 unspecified atom stereocenters. The van der Waals surface area contributed by atoms with E-state index in [0.29, 0.717) is 18.0 Å². The van der Waals surface area contributed by atoms with Gasteiger partial charge in [-0.2, -0.15) is 0 Å². The van der Waals surface area contributed by atoms with E-state index in [-0.39, 0.29) is 18.2 Å². The molecule has 2 heterocycles. The molecule has 1 aliphatic rings. The van der Waals surface area contributed by atoms with Gasteiger partial charge < -0.3 is 10.1 Å². The lowest BCUT2D eigenvalue weighted by atomic mass is 10.2. The molecule has 1 fully saturated rings. The van der Waals surface area contributed by atoms with Gasteiger partial charge in [0.2, 0.25) is 5.91 Å². The lowest BCUT2D eigenvalue weighted by molar-refractivity contribution is -0.121. The van der Waals surface area contributed by atoms with Crippen LogP contribution >= 0.6 is 0 Å².